The fraction of sp³-hybridized carbons (Fsp3) is 0. The number of rotatable bonds is 7. The summed E-state index contributed by atoms with van der Waals surface area (Å²) in [5.41, 5.74) is 15.6. The van der Waals surface area contributed by atoms with Crippen LogP contribution in [0.4, 0.5) is 17.1 Å². The quantitative estimate of drug-likeness (QED) is 0.161. The van der Waals surface area contributed by atoms with E-state index >= 15 is 0 Å². The second-order valence-electron chi connectivity index (χ2n) is 15.7. The van der Waals surface area contributed by atoms with Crippen LogP contribution in [0.25, 0.3) is 93.6 Å². The van der Waals surface area contributed by atoms with Crippen molar-refractivity contribution in [2.75, 3.05) is 4.90 Å². The maximum absolute atomic E-state index is 6.61. The zero-order valence-electron chi connectivity index (χ0n) is 33.2. The van der Waals surface area contributed by atoms with E-state index in [1.165, 1.54) is 49.4 Å². The van der Waals surface area contributed by atoms with Crippen molar-refractivity contribution in [2.45, 2.75) is 0 Å². The van der Waals surface area contributed by atoms with Gasteiger partial charge in [-0.3, -0.25) is 0 Å². The van der Waals surface area contributed by atoms with Gasteiger partial charge in [0, 0.05) is 49.7 Å². The summed E-state index contributed by atoms with van der Waals surface area (Å²) in [6, 6.07) is 82.9. The van der Waals surface area contributed by atoms with Crippen LogP contribution in [0.1, 0.15) is 0 Å². The number of aromatic nitrogens is 1. The Morgan fingerprint density at radius 2 is 0.918 bits per heavy atom. The molecule has 0 fully saturated rings. The minimum absolute atomic E-state index is 0.888. The van der Waals surface area contributed by atoms with Gasteiger partial charge < -0.3 is 13.9 Å². The average Bonchev–Trinajstić information content (AvgIpc) is 3.89. The van der Waals surface area contributed by atoms with Crippen LogP contribution in [0.15, 0.2) is 235 Å². The molecule has 0 N–H and O–H groups in total. The molecule has 0 atom stereocenters. The van der Waals surface area contributed by atoms with Crippen LogP contribution in [-0.4, -0.2) is 4.57 Å². The zero-order chi connectivity index (χ0) is 40.3. The molecule has 10 aromatic carbocycles. The van der Waals surface area contributed by atoms with Gasteiger partial charge in [-0.05, 0) is 118 Å². The summed E-state index contributed by atoms with van der Waals surface area (Å²) < 4.78 is 8.98. The molecule has 0 saturated carbocycles. The number of anilines is 3. The summed E-state index contributed by atoms with van der Waals surface area (Å²) >= 11 is 0. The highest BCUT2D eigenvalue weighted by molar-refractivity contribution is 6.19. The Morgan fingerprint density at radius 3 is 1.66 bits per heavy atom. The molecule has 2 heterocycles. The maximum Gasteiger partial charge on any atom is 0.143 e. The first-order valence-corrected chi connectivity index (χ1v) is 20.8. The molecule has 0 radical (unpaired) electrons. The Bertz CT molecular complexity index is 3520. The number of fused-ring (bicyclic) bond motifs is 8. The Hall–Kier alpha value is -8.14. The van der Waals surface area contributed by atoms with Crippen LogP contribution in [0.5, 0.6) is 0 Å². The number of hydrogen-bond donors (Lipinski definition) is 0. The van der Waals surface area contributed by atoms with Crippen LogP contribution in [0, 0.1) is 0 Å². The fourth-order valence-electron chi connectivity index (χ4n) is 9.32. The van der Waals surface area contributed by atoms with Crippen LogP contribution in [0.3, 0.4) is 0 Å². The van der Waals surface area contributed by atoms with Crippen molar-refractivity contribution in [2.24, 2.45) is 0 Å². The summed E-state index contributed by atoms with van der Waals surface area (Å²) in [7, 11) is 0. The molecular formula is C58H38N2O. The number of nitrogens with zero attached hydrogens (tertiary/aromatic N) is 2. The summed E-state index contributed by atoms with van der Waals surface area (Å²) in [5, 5.41) is 7.06. The third kappa shape index (κ3) is 5.90. The number of benzene rings is 10. The van der Waals surface area contributed by atoms with E-state index in [0.717, 1.165) is 61.2 Å². The minimum Gasteiger partial charge on any atom is -0.455 e. The van der Waals surface area contributed by atoms with Crippen molar-refractivity contribution in [1.82, 2.24) is 4.57 Å². The van der Waals surface area contributed by atoms with Gasteiger partial charge in [-0.2, -0.15) is 0 Å². The van der Waals surface area contributed by atoms with Crippen LogP contribution in [-0.2, 0) is 0 Å². The molecule has 0 aliphatic rings. The Balaban J connectivity index is 0.989. The summed E-state index contributed by atoms with van der Waals surface area (Å²) in [6.07, 6.45) is 0. The van der Waals surface area contributed by atoms with E-state index < -0.39 is 0 Å². The maximum atomic E-state index is 6.61. The zero-order valence-corrected chi connectivity index (χ0v) is 33.2. The van der Waals surface area contributed by atoms with Crippen LogP contribution in [0.2, 0.25) is 0 Å². The van der Waals surface area contributed by atoms with Gasteiger partial charge in [0.1, 0.15) is 11.2 Å². The van der Waals surface area contributed by atoms with E-state index in [2.05, 4.69) is 240 Å². The van der Waals surface area contributed by atoms with Gasteiger partial charge in [0.2, 0.25) is 0 Å². The van der Waals surface area contributed by atoms with E-state index in [1.807, 2.05) is 0 Å². The fourth-order valence-corrected chi connectivity index (χ4v) is 9.32. The monoisotopic (exact) mass is 778 g/mol. The highest BCUT2D eigenvalue weighted by atomic mass is 16.3. The molecule has 0 amide bonds. The first-order chi connectivity index (χ1) is 30.2. The molecule has 12 rings (SSSR count). The molecule has 0 unspecified atom stereocenters. The molecule has 0 saturated heterocycles. The molecule has 3 nitrogen and oxygen atoms in total. The lowest BCUT2D eigenvalue weighted by Crippen LogP contribution is -2.10. The van der Waals surface area contributed by atoms with Gasteiger partial charge >= 0.3 is 0 Å². The van der Waals surface area contributed by atoms with E-state index in [0.29, 0.717) is 0 Å². The lowest BCUT2D eigenvalue weighted by Gasteiger charge is -2.26. The van der Waals surface area contributed by atoms with Gasteiger partial charge in [0.05, 0.1) is 11.0 Å². The van der Waals surface area contributed by atoms with E-state index in [1.54, 1.807) is 0 Å². The van der Waals surface area contributed by atoms with Crippen molar-refractivity contribution in [3.05, 3.63) is 231 Å². The predicted octanol–water partition coefficient (Wildman–Crippen LogP) is 16.3. The standard InChI is InChI=1S/C58H38N2O/c1-2-13-39(14-3-1)42-16-10-17-43(37-42)40-27-30-45(31-28-40)59(46-32-34-47(35-33-46)60-54-24-8-6-21-51(54)52-22-7-9-25-55(52)60)48-19-11-18-44(38-48)49-23-12-26-56-57(49)53-36-29-41-15-4-5-20-50(41)58(53)61-56/h1-38H. The first-order valence-electron chi connectivity index (χ1n) is 20.8. The molecule has 61 heavy (non-hydrogen) atoms. The molecule has 0 aliphatic heterocycles. The van der Waals surface area contributed by atoms with Gasteiger partial charge in [0.25, 0.3) is 0 Å². The van der Waals surface area contributed by atoms with E-state index in [4.69, 9.17) is 4.42 Å². The second-order valence-corrected chi connectivity index (χ2v) is 15.7. The number of hydrogen-bond acceptors (Lipinski definition) is 2. The predicted molar refractivity (Wildman–Crippen MR) is 257 cm³/mol. The smallest absolute Gasteiger partial charge is 0.143 e. The van der Waals surface area contributed by atoms with Gasteiger partial charge in [-0.15, -0.1) is 0 Å². The Morgan fingerprint density at radius 1 is 0.344 bits per heavy atom. The highest BCUT2D eigenvalue weighted by Crippen LogP contribution is 2.43. The van der Waals surface area contributed by atoms with Gasteiger partial charge in [0.15, 0.2) is 0 Å². The van der Waals surface area contributed by atoms with E-state index in [9.17, 15) is 0 Å². The lowest BCUT2D eigenvalue weighted by molar-refractivity contribution is 0.673. The Labute approximate surface area is 353 Å². The summed E-state index contributed by atoms with van der Waals surface area (Å²) in [5.74, 6) is 0. The highest BCUT2D eigenvalue weighted by Gasteiger charge is 2.19. The number of furan rings is 1. The van der Waals surface area contributed by atoms with E-state index in [-0.39, 0.29) is 0 Å². The average molecular weight is 779 g/mol. The normalized spacial score (nSPS) is 11.6. The molecule has 0 aliphatic carbocycles. The van der Waals surface area contributed by atoms with Crippen molar-refractivity contribution in [3.63, 3.8) is 0 Å². The third-order valence-corrected chi connectivity index (χ3v) is 12.2. The van der Waals surface area contributed by atoms with Crippen LogP contribution < -0.4 is 4.90 Å². The molecule has 3 heteroatoms. The molecule has 12 aromatic rings. The lowest BCUT2D eigenvalue weighted by atomic mass is 9.97. The molecular weight excluding hydrogens is 741 g/mol. The molecule has 0 spiro atoms. The summed E-state index contributed by atoms with van der Waals surface area (Å²) in [6.45, 7) is 0. The van der Waals surface area contributed by atoms with Gasteiger partial charge in [-0.1, -0.05) is 152 Å². The molecule has 286 valence electrons. The SMILES string of the molecule is c1ccc(-c2cccc(-c3ccc(N(c4ccc(-n5c6ccccc6c6ccccc65)cc4)c4cccc(-c5cccc6oc7c8ccccc8ccc7c56)c4)cc3)c2)cc1. The van der Waals surface area contributed by atoms with Crippen molar-refractivity contribution < 1.29 is 4.42 Å². The summed E-state index contributed by atoms with van der Waals surface area (Å²) in [4.78, 5) is 2.37. The number of para-hydroxylation sites is 2. The molecule has 2 aromatic heterocycles. The topological polar surface area (TPSA) is 21.3 Å². The largest absolute Gasteiger partial charge is 0.455 e. The van der Waals surface area contributed by atoms with Crippen LogP contribution >= 0.6 is 0 Å². The van der Waals surface area contributed by atoms with Gasteiger partial charge in [-0.25, -0.2) is 0 Å². The first kappa shape index (κ1) is 34.9. The second kappa shape index (κ2) is 14.3. The van der Waals surface area contributed by atoms with Crippen molar-refractivity contribution in [1.29, 1.82) is 0 Å². The van der Waals surface area contributed by atoms with Crippen molar-refractivity contribution in [3.8, 4) is 39.1 Å². The molecule has 0 bridgehead atoms. The third-order valence-electron chi connectivity index (χ3n) is 12.2. The van der Waals surface area contributed by atoms with Crippen molar-refractivity contribution >= 4 is 71.6 Å². The minimum atomic E-state index is 0.888. The Kier molecular flexibility index (Phi) is 8.17.